The van der Waals surface area contributed by atoms with Crippen molar-refractivity contribution in [3.05, 3.63) is 237 Å². The van der Waals surface area contributed by atoms with Gasteiger partial charge in [-0.15, -0.1) is 0 Å². The predicted molar refractivity (Wildman–Crippen MR) is 263 cm³/mol. The Balaban J connectivity index is 1.02. The van der Waals surface area contributed by atoms with E-state index in [1.54, 1.807) is 0 Å². The Bertz CT molecular complexity index is 3610. The fourth-order valence-corrected chi connectivity index (χ4v) is 9.46. The first-order valence-corrected chi connectivity index (χ1v) is 21.2. The van der Waals surface area contributed by atoms with Crippen LogP contribution in [-0.2, 0) is 0 Å². The predicted octanol–water partition coefficient (Wildman–Crippen LogP) is 17.2. The molecule has 0 radical (unpaired) electrons. The molecular weight excluding hydrogens is 751 g/mol. The minimum atomic E-state index is 0.861. The monoisotopic (exact) mass is 789 g/mol. The number of hydrogen-bond donors (Lipinski definition) is 0. The lowest BCUT2D eigenvalue weighted by atomic mass is 9.85. The third-order valence-electron chi connectivity index (χ3n) is 12.4. The highest BCUT2D eigenvalue weighted by molar-refractivity contribution is 6.22. The van der Waals surface area contributed by atoms with Crippen molar-refractivity contribution in [2.45, 2.75) is 0 Å². The van der Waals surface area contributed by atoms with Crippen molar-refractivity contribution < 1.29 is 4.42 Å². The molecule has 62 heavy (non-hydrogen) atoms. The normalized spacial score (nSPS) is 11.5. The molecule has 0 aliphatic carbocycles. The molecule has 12 aromatic rings. The van der Waals surface area contributed by atoms with Gasteiger partial charge in [0.05, 0.1) is 0 Å². The molecule has 0 saturated heterocycles. The number of benzene rings is 11. The molecule has 1 aromatic heterocycles. The Morgan fingerprint density at radius 2 is 0.710 bits per heavy atom. The van der Waals surface area contributed by atoms with E-state index >= 15 is 0 Å². The van der Waals surface area contributed by atoms with Crippen LogP contribution in [0.2, 0.25) is 0 Å². The smallest absolute Gasteiger partial charge is 0.137 e. The molecule has 12 rings (SSSR count). The van der Waals surface area contributed by atoms with E-state index in [0.717, 1.165) is 44.6 Å². The van der Waals surface area contributed by atoms with Crippen LogP contribution in [0.25, 0.3) is 98.8 Å². The van der Waals surface area contributed by atoms with E-state index in [1.165, 1.54) is 71.3 Å². The highest BCUT2D eigenvalue weighted by Gasteiger charge is 2.21. The van der Waals surface area contributed by atoms with Gasteiger partial charge in [-0.25, -0.2) is 0 Å². The van der Waals surface area contributed by atoms with Gasteiger partial charge in [-0.3, -0.25) is 0 Å². The number of nitrogens with zero attached hydrogens (tertiary/aromatic N) is 1. The summed E-state index contributed by atoms with van der Waals surface area (Å²) in [4.78, 5) is 2.37. The van der Waals surface area contributed by atoms with E-state index < -0.39 is 0 Å². The van der Waals surface area contributed by atoms with Crippen LogP contribution in [0.15, 0.2) is 241 Å². The molecule has 0 atom stereocenters. The van der Waals surface area contributed by atoms with Gasteiger partial charge < -0.3 is 9.32 Å². The highest BCUT2D eigenvalue weighted by atomic mass is 16.3. The van der Waals surface area contributed by atoms with Crippen LogP contribution in [0.4, 0.5) is 17.1 Å². The molecule has 0 aliphatic rings. The van der Waals surface area contributed by atoms with Crippen molar-refractivity contribution >= 4 is 71.3 Å². The Morgan fingerprint density at radius 1 is 0.242 bits per heavy atom. The fraction of sp³-hybridized carbons (Fsp3) is 0. The zero-order valence-electron chi connectivity index (χ0n) is 33.9. The maximum atomic E-state index is 6.49. The topological polar surface area (TPSA) is 16.4 Å². The molecule has 0 N–H and O–H groups in total. The van der Waals surface area contributed by atoms with Crippen molar-refractivity contribution in [2.75, 3.05) is 4.90 Å². The van der Waals surface area contributed by atoms with Crippen LogP contribution in [0.5, 0.6) is 0 Å². The molecule has 0 amide bonds. The molecule has 0 spiro atoms. The SMILES string of the molecule is c1ccc(-c2c(-c3ccccc3)c3cc(N(c4ccc(-c5ccc(-c6ccc7ccccc7c6)cc5)cc4)c4ccc5c(c4)oc4ccccc45)ccc3c3ccccc23)cc1. The standard InChI is InChI=1S/C60H39NO/c1-3-14-44(15-4-1)59-55-21-10-9-19-51(55)52-35-33-49(38-56(52)60(59)45-16-5-2-6-17-45)61(50-34-36-54-53-20-11-12-22-57(53)62-58(54)39-50)48-31-29-42(30-32-48)41-23-25-43(26-24-41)47-28-27-40-13-7-8-18-46(40)37-47/h1-39H. The van der Waals surface area contributed by atoms with Gasteiger partial charge in [-0.2, -0.15) is 0 Å². The molecule has 1 heterocycles. The quantitative estimate of drug-likeness (QED) is 0.150. The number of anilines is 3. The number of hydrogen-bond acceptors (Lipinski definition) is 2. The van der Waals surface area contributed by atoms with E-state index in [4.69, 9.17) is 4.42 Å². The first-order valence-electron chi connectivity index (χ1n) is 21.2. The Kier molecular flexibility index (Phi) is 8.53. The van der Waals surface area contributed by atoms with Crippen LogP contribution in [0.1, 0.15) is 0 Å². The van der Waals surface area contributed by atoms with Gasteiger partial charge in [0.15, 0.2) is 0 Å². The van der Waals surface area contributed by atoms with Gasteiger partial charge in [0.2, 0.25) is 0 Å². The van der Waals surface area contributed by atoms with Gasteiger partial charge in [-0.1, -0.05) is 182 Å². The highest BCUT2D eigenvalue weighted by Crippen LogP contribution is 2.47. The van der Waals surface area contributed by atoms with Gasteiger partial charge >= 0.3 is 0 Å². The van der Waals surface area contributed by atoms with Crippen LogP contribution in [0.3, 0.4) is 0 Å². The summed E-state index contributed by atoms with van der Waals surface area (Å²) in [6.45, 7) is 0. The summed E-state index contributed by atoms with van der Waals surface area (Å²) < 4.78 is 6.49. The average molecular weight is 790 g/mol. The molecule has 0 aliphatic heterocycles. The summed E-state index contributed by atoms with van der Waals surface area (Å²) in [5, 5.41) is 9.63. The number of fused-ring (bicyclic) bond motifs is 7. The van der Waals surface area contributed by atoms with Crippen LogP contribution in [-0.4, -0.2) is 0 Å². The number of para-hydroxylation sites is 1. The lowest BCUT2D eigenvalue weighted by molar-refractivity contribution is 0.669. The van der Waals surface area contributed by atoms with E-state index in [9.17, 15) is 0 Å². The molecular formula is C60H39NO. The second-order valence-electron chi connectivity index (χ2n) is 16.1. The van der Waals surface area contributed by atoms with Crippen molar-refractivity contribution in [2.24, 2.45) is 0 Å². The largest absolute Gasteiger partial charge is 0.456 e. The molecule has 0 unspecified atom stereocenters. The van der Waals surface area contributed by atoms with Crippen molar-refractivity contribution in [1.82, 2.24) is 0 Å². The maximum Gasteiger partial charge on any atom is 0.137 e. The maximum absolute atomic E-state index is 6.49. The molecule has 2 heteroatoms. The average Bonchev–Trinajstić information content (AvgIpc) is 3.72. The summed E-state index contributed by atoms with van der Waals surface area (Å²) in [5.41, 5.74) is 14.5. The Labute approximate surface area is 360 Å². The zero-order chi connectivity index (χ0) is 41.0. The Morgan fingerprint density at radius 3 is 1.42 bits per heavy atom. The van der Waals surface area contributed by atoms with Crippen molar-refractivity contribution in [1.29, 1.82) is 0 Å². The second kappa shape index (κ2) is 14.8. The molecule has 0 fully saturated rings. The zero-order valence-corrected chi connectivity index (χ0v) is 33.9. The lowest BCUT2D eigenvalue weighted by Crippen LogP contribution is -2.10. The first kappa shape index (κ1) is 35.7. The third kappa shape index (κ3) is 6.12. The summed E-state index contributed by atoms with van der Waals surface area (Å²) in [6.07, 6.45) is 0. The third-order valence-corrected chi connectivity index (χ3v) is 12.4. The minimum Gasteiger partial charge on any atom is -0.456 e. The fourth-order valence-electron chi connectivity index (χ4n) is 9.46. The molecule has 0 saturated carbocycles. The van der Waals surface area contributed by atoms with Gasteiger partial charge in [-0.05, 0) is 125 Å². The van der Waals surface area contributed by atoms with Crippen LogP contribution in [0, 0.1) is 0 Å². The number of rotatable bonds is 7. The van der Waals surface area contributed by atoms with Gasteiger partial charge in [0, 0.05) is 33.9 Å². The van der Waals surface area contributed by atoms with Crippen LogP contribution >= 0.6 is 0 Å². The minimum absolute atomic E-state index is 0.861. The van der Waals surface area contributed by atoms with Crippen molar-refractivity contribution in [3.63, 3.8) is 0 Å². The summed E-state index contributed by atoms with van der Waals surface area (Å²) in [6, 6.07) is 85.5. The van der Waals surface area contributed by atoms with E-state index in [2.05, 4.69) is 229 Å². The molecule has 0 bridgehead atoms. The molecule has 11 aromatic carbocycles. The summed E-state index contributed by atoms with van der Waals surface area (Å²) in [7, 11) is 0. The summed E-state index contributed by atoms with van der Waals surface area (Å²) in [5.74, 6) is 0. The first-order chi connectivity index (χ1) is 30.7. The van der Waals surface area contributed by atoms with E-state index in [1.807, 2.05) is 12.1 Å². The molecule has 290 valence electrons. The van der Waals surface area contributed by atoms with Gasteiger partial charge in [0.1, 0.15) is 11.2 Å². The van der Waals surface area contributed by atoms with E-state index in [0.29, 0.717) is 0 Å². The van der Waals surface area contributed by atoms with Crippen LogP contribution < -0.4 is 4.90 Å². The van der Waals surface area contributed by atoms with E-state index in [-0.39, 0.29) is 0 Å². The van der Waals surface area contributed by atoms with Crippen molar-refractivity contribution in [3.8, 4) is 44.5 Å². The lowest BCUT2D eigenvalue weighted by Gasteiger charge is -2.27. The second-order valence-corrected chi connectivity index (χ2v) is 16.1. The number of furan rings is 1. The van der Waals surface area contributed by atoms with Gasteiger partial charge in [0.25, 0.3) is 0 Å². The molecule has 2 nitrogen and oxygen atoms in total. The Hall–Kier alpha value is -8.20. The summed E-state index contributed by atoms with van der Waals surface area (Å²) >= 11 is 0.